The highest BCUT2D eigenvalue weighted by Crippen LogP contribution is 2.45. The molecule has 0 heteroatoms. The van der Waals surface area contributed by atoms with Crippen molar-refractivity contribution in [3.63, 3.8) is 0 Å². The second-order valence-corrected chi connectivity index (χ2v) is 13.2. The van der Waals surface area contributed by atoms with Crippen LogP contribution >= 0.6 is 0 Å². The fourth-order valence-electron chi connectivity index (χ4n) is 8.15. The van der Waals surface area contributed by atoms with Gasteiger partial charge in [0, 0.05) is 0 Å². The maximum absolute atomic E-state index is 2.39. The summed E-state index contributed by atoms with van der Waals surface area (Å²) < 4.78 is 0. The minimum Gasteiger partial charge on any atom is -0.0622 e. The highest BCUT2D eigenvalue weighted by Gasteiger charge is 2.17. The number of hydrogen-bond acceptors (Lipinski definition) is 0. The Morgan fingerprint density at radius 1 is 0.160 bits per heavy atom. The van der Waals surface area contributed by atoms with Crippen LogP contribution in [-0.2, 0) is 0 Å². The van der Waals surface area contributed by atoms with Gasteiger partial charge in [0.15, 0.2) is 0 Å². The van der Waals surface area contributed by atoms with Gasteiger partial charge in [-0.1, -0.05) is 182 Å². The van der Waals surface area contributed by atoms with Crippen molar-refractivity contribution in [1.29, 1.82) is 0 Å². The molecule has 0 unspecified atom stereocenters. The Balaban J connectivity index is 1.16. The van der Waals surface area contributed by atoms with Crippen LogP contribution in [0.25, 0.3) is 98.4 Å². The second kappa shape index (κ2) is 11.6. The van der Waals surface area contributed by atoms with Gasteiger partial charge < -0.3 is 0 Å². The van der Waals surface area contributed by atoms with Gasteiger partial charge in [-0.05, 0) is 111 Å². The first kappa shape index (κ1) is 28.5. The Morgan fingerprint density at radius 2 is 0.500 bits per heavy atom. The van der Waals surface area contributed by atoms with E-state index in [0.717, 1.165) is 0 Å². The van der Waals surface area contributed by atoms with Crippen molar-refractivity contribution < 1.29 is 0 Å². The molecule has 10 rings (SSSR count). The molecule has 0 aromatic heterocycles. The van der Waals surface area contributed by atoms with Gasteiger partial charge >= 0.3 is 0 Å². The largest absolute Gasteiger partial charge is 0.0622 e. The van der Waals surface area contributed by atoms with Gasteiger partial charge in [0.25, 0.3) is 0 Å². The minimum atomic E-state index is 1.22. The van der Waals surface area contributed by atoms with E-state index in [1.54, 1.807) is 0 Å². The van der Waals surface area contributed by atoms with E-state index in [0.29, 0.717) is 0 Å². The Labute approximate surface area is 291 Å². The van der Waals surface area contributed by atoms with Crippen LogP contribution in [0.2, 0.25) is 0 Å². The zero-order valence-electron chi connectivity index (χ0n) is 27.5. The molecule has 0 fully saturated rings. The highest BCUT2D eigenvalue weighted by molar-refractivity contribution is 6.26. The van der Waals surface area contributed by atoms with E-state index in [1.807, 2.05) is 0 Å². The molecule has 0 nitrogen and oxygen atoms in total. The van der Waals surface area contributed by atoms with E-state index in [9.17, 15) is 0 Å². The van der Waals surface area contributed by atoms with E-state index < -0.39 is 0 Å². The first-order valence-electron chi connectivity index (χ1n) is 17.4. The Hall–Kier alpha value is -6.50. The monoisotopic (exact) mass is 632 g/mol. The predicted molar refractivity (Wildman–Crippen MR) is 216 cm³/mol. The van der Waals surface area contributed by atoms with Crippen LogP contribution in [0.1, 0.15) is 0 Å². The zero-order valence-corrected chi connectivity index (χ0v) is 27.5. The molecule has 0 saturated heterocycles. The van der Waals surface area contributed by atoms with Crippen LogP contribution in [0, 0.1) is 0 Å². The molecule has 0 radical (unpaired) electrons. The van der Waals surface area contributed by atoms with Gasteiger partial charge in [-0.2, -0.15) is 0 Å². The standard InChI is InChI=1S/C50H32/c1-2-13-33(14-3-1)34-25-27-35(28-26-34)49-44-21-8-10-23-46(44)50(47-24-11-9-22-45(47)49)38-16-12-15-36(31-38)37-29-30-43-41-19-5-4-17-39(41)40-18-6-7-20-42(40)48(43)32-37/h1-32H. The van der Waals surface area contributed by atoms with Gasteiger partial charge in [0.2, 0.25) is 0 Å². The third-order valence-electron chi connectivity index (χ3n) is 10.4. The van der Waals surface area contributed by atoms with Crippen molar-refractivity contribution in [1.82, 2.24) is 0 Å². The average molecular weight is 633 g/mol. The Morgan fingerprint density at radius 3 is 1.06 bits per heavy atom. The molecule has 0 aliphatic heterocycles. The van der Waals surface area contributed by atoms with Crippen LogP contribution in [0.3, 0.4) is 0 Å². The summed E-state index contributed by atoms with van der Waals surface area (Å²) in [5.74, 6) is 0. The molecule has 0 atom stereocenters. The highest BCUT2D eigenvalue weighted by atomic mass is 14.2. The van der Waals surface area contributed by atoms with Crippen molar-refractivity contribution in [2.75, 3.05) is 0 Å². The van der Waals surface area contributed by atoms with Crippen LogP contribution in [0.15, 0.2) is 194 Å². The topological polar surface area (TPSA) is 0 Å². The van der Waals surface area contributed by atoms with E-state index in [4.69, 9.17) is 0 Å². The summed E-state index contributed by atoms with van der Waals surface area (Å²) in [6.07, 6.45) is 0. The van der Waals surface area contributed by atoms with Gasteiger partial charge in [0.05, 0.1) is 0 Å². The molecule has 232 valence electrons. The maximum Gasteiger partial charge on any atom is -0.00262 e. The average Bonchev–Trinajstić information content (AvgIpc) is 3.20. The summed E-state index contributed by atoms with van der Waals surface area (Å²) in [5.41, 5.74) is 9.92. The van der Waals surface area contributed by atoms with Gasteiger partial charge in [-0.25, -0.2) is 0 Å². The molecule has 50 heavy (non-hydrogen) atoms. The van der Waals surface area contributed by atoms with Gasteiger partial charge in [0.1, 0.15) is 0 Å². The molecule has 0 N–H and O–H groups in total. The second-order valence-electron chi connectivity index (χ2n) is 13.2. The fraction of sp³-hybridized carbons (Fsp3) is 0. The third kappa shape index (κ3) is 4.54. The summed E-state index contributed by atoms with van der Waals surface area (Å²) in [7, 11) is 0. The SMILES string of the molecule is c1ccc(-c2ccc(-c3c4ccccc4c(-c4cccc(-c5ccc6c7ccccc7c7ccccc7c6c5)c4)c4ccccc34)cc2)cc1. The molecular weight excluding hydrogens is 601 g/mol. The van der Waals surface area contributed by atoms with Crippen molar-refractivity contribution >= 4 is 53.9 Å². The number of benzene rings is 10. The summed E-state index contributed by atoms with van der Waals surface area (Å²) in [4.78, 5) is 0. The Kier molecular flexibility index (Phi) is 6.60. The van der Waals surface area contributed by atoms with E-state index in [-0.39, 0.29) is 0 Å². The molecule has 10 aromatic rings. The normalized spacial score (nSPS) is 11.6. The first-order chi connectivity index (χ1) is 24.8. The summed E-state index contributed by atoms with van der Waals surface area (Å²) in [5, 5.41) is 12.9. The van der Waals surface area contributed by atoms with Crippen LogP contribution in [-0.4, -0.2) is 0 Å². The molecule has 0 spiro atoms. The molecule has 0 amide bonds. The molecule has 0 bridgehead atoms. The van der Waals surface area contributed by atoms with Gasteiger partial charge in [-0.15, -0.1) is 0 Å². The van der Waals surface area contributed by atoms with Crippen LogP contribution in [0.4, 0.5) is 0 Å². The molecule has 10 aromatic carbocycles. The van der Waals surface area contributed by atoms with Crippen LogP contribution < -0.4 is 0 Å². The lowest BCUT2D eigenvalue weighted by atomic mass is 9.85. The third-order valence-corrected chi connectivity index (χ3v) is 10.4. The van der Waals surface area contributed by atoms with E-state index in [2.05, 4.69) is 194 Å². The molecule has 0 heterocycles. The summed E-state index contributed by atoms with van der Waals surface area (Å²) in [6.45, 7) is 0. The van der Waals surface area contributed by atoms with Crippen molar-refractivity contribution in [2.24, 2.45) is 0 Å². The summed E-state index contributed by atoms with van der Waals surface area (Å²) >= 11 is 0. The maximum atomic E-state index is 2.39. The van der Waals surface area contributed by atoms with E-state index in [1.165, 1.54) is 98.4 Å². The zero-order chi connectivity index (χ0) is 33.0. The number of fused-ring (bicyclic) bond motifs is 8. The predicted octanol–water partition coefficient (Wildman–Crippen LogP) is 14.1. The molecule has 0 saturated carbocycles. The number of hydrogen-bond donors (Lipinski definition) is 0. The van der Waals surface area contributed by atoms with Crippen molar-refractivity contribution in [2.45, 2.75) is 0 Å². The smallest absolute Gasteiger partial charge is 0.00262 e. The quantitative estimate of drug-likeness (QED) is 0.134. The Bertz CT molecular complexity index is 2800. The minimum absolute atomic E-state index is 1.22. The molecule has 0 aliphatic carbocycles. The fourth-order valence-corrected chi connectivity index (χ4v) is 8.15. The molecular formula is C50H32. The van der Waals surface area contributed by atoms with Crippen molar-refractivity contribution in [3.05, 3.63) is 194 Å². The first-order valence-corrected chi connectivity index (χ1v) is 17.4. The van der Waals surface area contributed by atoms with Crippen LogP contribution in [0.5, 0.6) is 0 Å². The lowest BCUT2D eigenvalue weighted by Gasteiger charge is -2.18. The lowest BCUT2D eigenvalue weighted by Crippen LogP contribution is -1.91. The van der Waals surface area contributed by atoms with Gasteiger partial charge in [-0.3, -0.25) is 0 Å². The lowest BCUT2D eigenvalue weighted by molar-refractivity contribution is 1.61. The molecule has 0 aliphatic rings. The van der Waals surface area contributed by atoms with E-state index >= 15 is 0 Å². The summed E-state index contributed by atoms with van der Waals surface area (Å²) in [6, 6.07) is 71.2. The number of rotatable bonds is 4. The van der Waals surface area contributed by atoms with Crippen molar-refractivity contribution in [3.8, 4) is 44.5 Å².